The van der Waals surface area contributed by atoms with Gasteiger partial charge in [-0.2, -0.15) is 0 Å². The number of cyclic esters (lactones) is 1. The van der Waals surface area contributed by atoms with Gasteiger partial charge >= 0.3 is 5.97 Å². The maximum absolute atomic E-state index is 12.4. The third kappa shape index (κ3) is 4.74. The minimum Gasteiger partial charge on any atom is -0.493 e. The average molecular weight is 391 g/mol. The van der Waals surface area contributed by atoms with Crippen molar-refractivity contribution in [2.75, 3.05) is 13.7 Å². The van der Waals surface area contributed by atoms with Crippen molar-refractivity contribution in [2.45, 2.75) is 26.7 Å². The number of benzene rings is 2. The van der Waals surface area contributed by atoms with E-state index in [1.165, 1.54) is 5.56 Å². The largest absolute Gasteiger partial charge is 0.493 e. The molecule has 0 atom stereocenters. The molecule has 0 aromatic heterocycles. The lowest BCUT2D eigenvalue weighted by molar-refractivity contribution is -0.129. The van der Waals surface area contributed by atoms with Crippen molar-refractivity contribution in [1.29, 1.82) is 0 Å². The smallest absolute Gasteiger partial charge is 0.363 e. The quantitative estimate of drug-likeness (QED) is 0.373. The van der Waals surface area contributed by atoms with Crippen LogP contribution < -0.4 is 9.47 Å². The minimum atomic E-state index is -0.499. The Balaban J connectivity index is 1.93. The highest BCUT2D eigenvalue weighted by Gasteiger charge is 2.25. The van der Waals surface area contributed by atoms with E-state index >= 15 is 0 Å². The Bertz CT molecular complexity index is 984. The van der Waals surface area contributed by atoms with Crippen LogP contribution in [0.4, 0.5) is 0 Å². The summed E-state index contributed by atoms with van der Waals surface area (Å²) in [4.78, 5) is 16.8. The molecule has 2 aromatic rings. The summed E-state index contributed by atoms with van der Waals surface area (Å²) < 4.78 is 16.6. The Kier molecular flexibility index (Phi) is 6.17. The van der Waals surface area contributed by atoms with E-state index in [4.69, 9.17) is 14.2 Å². The number of carbonyl (C=O) groups is 1. The van der Waals surface area contributed by atoms with E-state index < -0.39 is 5.97 Å². The first kappa shape index (κ1) is 20.4. The molecule has 5 nitrogen and oxygen atoms in total. The van der Waals surface area contributed by atoms with Crippen LogP contribution in [0.1, 0.15) is 43.4 Å². The van der Waals surface area contributed by atoms with E-state index in [1.54, 1.807) is 19.3 Å². The van der Waals surface area contributed by atoms with Gasteiger partial charge in [-0.1, -0.05) is 44.7 Å². The van der Waals surface area contributed by atoms with Crippen molar-refractivity contribution in [1.82, 2.24) is 0 Å². The standard InChI is InChI=1S/C24H25NO4/c1-15(2)14-28-22-19(7-6-8-21(22)27-5)13-20-24(26)29-23(25-20)18-11-9-17(10-12-18)16(3)4/h6-13,16H,1,14H2,2-5H3/b20-13-. The second kappa shape index (κ2) is 8.78. The fourth-order valence-corrected chi connectivity index (χ4v) is 2.85. The predicted molar refractivity (Wildman–Crippen MR) is 114 cm³/mol. The first-order valence-electron chi connectivity index (χ1n) is 9.46. The third-order valence-electron chi connectivity index (χ3n) is 4.43. The van der Waals surface area contributed by atoms with Gasteiger partial charge in [0.05, 0.1) is 7.11 Å². The number of hydrogen-bond donors (Lipinski definition) is 0. The van der Waals surface area contributed by atoms with Gasteiger partial charge in [0.25, 0.3) is 0 Å². The second-order valence-electron chi connectivity index (χ2n) is 7.24. The Morgan fingerprint density at radius 3 is 2.55 bits per heavy atom. The fourth-order valence-electron chi connectivity index (χ4n) is 2.85. The van der Waals surface area contributed by atoms with Crippen LogP contribution >= 0.6 is 0 Å². The molecule has 0 radical (unpaired) electrons. The molecule has 2 aromatic carbocycles. The first-order chi connectivity index (χ1) is 13.9. The minimum absolute atomic E-state index is 0.210. The number of carbonyl (C=O) groups excluding carboxylic acids is 1. The summed E-state index contributed by atoms with van der Waals surface area (Å²) in [7, 11) is 1.57. The summed E-state index contributed by atoms with van der Waals surface area (Å²) in [6, 6.07) is 13.3. The summed E-state index contributed by atoms with van der Waals surface area (Å²) >= 11 is 0. The molecule has 0 saturated heterocycles. The second-order valence-corrected chi connectivity index (χ2v) is 7.24. The number of nitrogens with zero attached hydrogens (tertiary/aromatic N) is 1. The van der Waals surface area contributed by atoms with E-state index in [1.807, 2.05) is 43.3 Å². The molecule has 0 unspecified atom stereocenters. The predicted octanol–water partition coefficient (Wildman–Crippen LogP) is 5.12. The van der Waals surface area contributed by atoms with Gasteiger partial charge in [-0.15, -0.1) is 0 Å². The maximum atomic E-state index is 12.4. The van der Waals surface area contributed by atoms with E-state index in [2.05, 4.69) is 25.4 Å². The van der Waals surface area contributed by atoms with E-state index in [0.717, 1.165) is 11.1 Å². The van der Waals surface area contributed by atoms with Crippen molar-refractivity contribution in [3.63, 3.8) is 0 Å². The summed E-state index contributed by atoms with van der Waals surface area (Å²) in [6.45, 7) is 10.3. The van der Waals surface area contributed by atoms with Crippen LogP contribution in [0, 0.1) is 0 Å². The van der Waals surface area contributed by atoms with Crippen LogP contribution in [0.25, 0.3) is 6.08 Å². The van der Waals surface area contributed by atoms with Gasteiger partial charge in [0.2, 0.25) is 5.90 Å². The van der Waals surface area contributed by atoms with E-state index in [9.17, 15) is 4.79 Å². The fraction of sp³-hybridized carbons (Fsp3) is 0.250. The average Bonchev–Trinajstić information content (AvgIpc) is 3.07. The van der Waals surface area contributed by atoms with Crippen LogP contribution in [0.5, 0.6) is 11.5 Å². The molecule has 0 saturated carbocycles. The SMILES string of the molecule is C=C(C)COc1c(/C=C2\N=C(c3ccc(C(C)C)cc3)OC2=O)cccc1OC. The molecule has 0 bridgehead atoms. The molecule has 1 aliphatic heterocycles. The van der Waals surface area contributed by atoms with Gasteiger partial charge < -0.3 is 14.2 Å². The van der Waals surface area contributed by atoms with E-state index in [-0.39, 0.29) is 5.70 Å². The Morgan fingerprint density at radius 1 is 1.21 bits per heavy atom. The number of hydrogen-bond acceptors (Lipinski definition) is 5. The van der Waals surface area contributed by atoms with Crippen LogP contribution in [0.3, 0.4) is 0 Å². The van der Waals surface area contributed by atoms with Crippen LogP contribution in [0.15, 0.2) is 65.3 Å². The Hall–Kier alpha value is -3.34. The van der Waals surface area contributed by atoms with E-state index in [0.29, 0.717) is 35.5 Å². The van der Waals surface area contributed by atoms with Crippen molar-refractivity contribution in [3.05, 3.63) is 77.0 Å². The van der Waals surface area contributed by atoms with Gasteiger partial charge in [-0.3, -0.25) is 0 Å². The monoisotopic (exact) mass is 391 g/mol. The molecular weight excluding hydrogens is 366 g/mol. The van der Waals surface area contributed by atoms with Crippen molar-refractivity contribution < 1.29 is 19.0 Å². The summed E-state index contributed by atoms with van der Waals surface area (Å²) in [5, 5.41) is 0. The zero-order valence-corrected chi connectivity index (χ0v) is 17.2. The first-order valence-corrected chi connectivity index (χ1v) is 9.46. The van der Waals surface area contributed by atoms with Crippen LogP contribution in [-0.4, -0.2) is 25.6 Å². The molecule has 1 heterocycles. The highest BCUT2D eigenvalue weighted by Crippen LogP contribution is 2.34. The molecule has 1 aliphatic rings. The molecule has 0 spiro atoms. The molecule has 0 amide bonds. The summed E-state index contributed by atoms with van der Waals surface area (Å²) in [5.41, 5.74) is 3.74. The lowest BCUT2D eigenvalue weighted by Gasteiger charge is -2.13. The van der Waals surface area contributed by atoms with Crippen LogP contribution in [0.2, 0.25) is 0 Å². The molecule has 3 rings (SSSR count). The zero-order chi connectivity index (χ0) is 21.0. The molecular formula is C24H25NO4. The van der Waals surface area contributed by atoms with Crippen molar-refractivity contribution in [2.24, 2.45) is 4.99 Å². The summed E-state index contributed by atoms with van der Waals surface area (Å²) in [5.74, 6) is 1.33. The third-order valence-corrected chi connectivity index (χ3v) is 4.43. The topological polar surface area (TPSA) is 57.1 Å². The normalized spacial score (nSPS) is 14.7. The van der Waals surface area contributed by atoms with Crippen LogP contribution in [-0.2, 0) is 9.53 Å². The van der Waals surface area contributed by atoms with Gasteiger partial charge in [0.1, 0.15) is 6.61 Å². The number of ether oxygens (including phenoxy) is 3. The van der Waals surface area contributed by atoms with Gasteiger partial charge in [0.15, 0.2) is 17.2 Å². The molecule has 150 valence electrons. The van der Waals surface area contributed by atoms with Crippen molar-refractivity contribution in [3.8, 4) is 11.5 Å². The molecule has 5 heteroatoms. The van der Waals surface area contributed by atoms with Gasteiger partial charge in [-0.05, 0) is 48.3 Å². The highest BCUT2D eigenvalue weighted by atomic mass is 16.6. The van der Waals surface area contributed by atoms with Crippen molar-refractivity contribution >= 4 is 17.9 Å². The number of para-hydroxylation sites is 1. The lowest BCUT2D eigenvalue weighted by Crippen LogP contribution is -2.05. The number of methoxy groups -OCH3 is 1. The van der Waals surface area contributed by atoms with Gasteiger partial charge in [0, 0.05) is 11.1 Å². The lowest BCUT2D eigenvalue weighted by atomic mass is 10.0. The molecule has 0 aliphatic carbocycles. The Labute approximate surface area is 171 Å². The Morgan fingerprint density at radius 2 is 1.93 bits per heavy atom. The summed E-state index contributed by atoms with van der Waals surface area (Å²) in [6.07, 6.45) is 1.65. The number of esters is 1. The molecule has 0 fully saturated rings. The maximum Gasteiger partial charge on any atom is 0.363 e. The highest BCUT2D eigenvalue weighted by molar-refractivity contribution is 6.13. The number of aliphatic imine (C=N–C) groups is 1. The zero-order valence-electron chi connectivity index (χ0n) is 17.2. The number of rotatable bonds is 7. The molecule has 29 heavy (non-hydrogen) atoms. The van der Waals surface area contributed by atoms with Gasteiger partial charge in [-0.25, -0.2) is 9.79 Å². The molecule has 0 N–H and O–H groups in total.